The Balaban J connectivity index is 2.05. The molecular weight excluding hydrogens is 286 g/mol. The van der Waals surface area contributed by atoms with E-state index in [1.165, 1.54) is 16.2 Å². The van der Waals surface area contributed by atoms with Crippen molar-refractivity contribution < 1.29 is 9.59 Å². The van der Waals surface area contributed by atoms with Gasteiger partial charge in [0, 0.05) is 18.6 Å². The molecule has 0 saturated carbocycles. The van der Waals surface area contributed by atoms with Gasteiger partial charge in [0.2, 0.25) is 0 Å². The predicted molar refractivity (Wildman–Crippen MR) is 83.1 cm³/mol. The Bertz CT molecular complexity index is 639. The van der Waals surface area contributed by atoms with Crippen molar-refractivity contribution in [3.8, 4) is 0 Å². The molecule has 0 unspecified atom stereocenters. The van der Waals surface area contributed by atoms with Gasteiger partial charge in [-0.15, -0.1) is 11.3 Å². The number of hydrogen-bond acceptors (Lipinski definition) is 4. The van der Waals surface area contributed by atoms with Crippen LogP contribution in [0.4, 0.5) is 5.69 Å². The maximum Gasteiger partial charge on any atom is 0.313 e. The minimum atomic E-state index is -0.637. The van der Waals surface area contributed by atoms with Crippen molar-refractivity contribution in [2.45, 2.75) is 19.9 Å². The second-order valence-electron chi connectivity index (χ2n) is 4.77. The summed E-state index contributed by atoms with van der Waals surface area (Å²) in [5, 5.41) is 6.36. The summed E-state index contributed by atoms with van der Waals surface area (Å²) in [5.74, 6) is -1.22. The van der Waals surface area contributed by atoms with Crippen LogP contribution in [0.5, 0.6) is 0 Å². The molecule has 2 rings (SSSR count). The van der Waals surface area contributed by atoms with Crippen LogP contribution >= 0.6 is 11.3 Å². The van der Waals surface area contributed by atoms with E-state index in [1.54, 1.807) is 13.2 Å². The first-order chi connectivity index (χ1) is 10.0. The fraction of sp³-hybridized carbons (Fsp3) is 0.267. The molecule has 1 N–H and O–H groups in total. The molecule has 2 aromatic heterocycles. The summed E-state index contributed by atoms with van der Waals surface area (Å²) >= 11 is 1.48. The summed E-state index contributed by atoms with van der Waals surface area (Å²) in [5.41, 5.74) is 2.37. The maximum atomic E-state index is 12.2. The third-order valence-corrected chi connectivity index (χ3v) is 4.18. The fourth-order valence-corrected chi connectivity index (χ4v) is 2.60. The van der Waals surface area contributed by atoms with Gasteiger partial charge in [-0.3, -0.25) is 14.6 Å². The van der Waals surface area contributed by atoms with Crippen LogP contribution in [0.3, 0.4) is 0 Å². The van der Waals surface area contributed by atoms with Crippen molar-refractivity contribution in [2.24, 2.45) is 0 Å². The Morgan fingerprint density at radius 1 is 1.33 bits per heavy atom. The first-order valence-corrected chi connectivity index (χ1v) is 7.47. The van der Waals surface area contributed by atoms with E-state index in [4.69, 9.17) is 0 Å². The lowest BCUT2D eigenvalue weighted by atomic mass is 10.2. The number of rotatable bonds is 3. The molecule has 0 aliphatic carbocycles. The van der Waals surface area contributed by atoms with Crippen molar-refractivity contribution in [3.63, 3.8) is 0 Å². The molecule has 0 fully saturated rings. The maximum absolute atomic E-state index is 12.2. The highest BCUT2D eigenvalue weighted by Crippen LogP contribution is 2.20. The minimum absolute atomic E-state index is 0.270. The standard InChI is InChI=1S/C15H17N3O2S/c1-10-8-21-9-13(10)17-14(19)15(20)18(3)11(2)12-6-4-5-7-16-12/h4-9,11H,1-3H3,(H,17,19)/t11-/m0/s1. The molecule has 1 atom stereocenters. The number of aryl methyl sites for hydroxylation is 1. The zero-order valence-electron chi connectivity index (χ0n) is 12.2. The lowest BCUT2D eigenvalue weighted by molar-refractivity contribution is -0.143. The van der Waals surface area contributed by atoms with Gasteiger partial charge in [-0.1, -0.05) is 6.07 Å². The first kappa shape index (κ1) is 15.2. The van der Waals surface area contributed by atoms with Crippen molar-refractivity contribution in [1.29, 1.82) is 0 Å². The minimum Gasteiger partial charge on any atom is -0.329 e. The number of anilines is 1. The van der Waals surface area contributed by atoms with E-state index >= 15 is 0 Å². The number of nitrogens with zero attached hydrogens (tertiary/aromatic N) is 2. The van der Waals surface area contributed by atoms with E-state index in [0.717, 1.165) is 11.3 Å². The van der Waals surface area contributed by atoms with Crippen LogP contribution in [0, 0.1) is 6.92 Å². The largest absolute Gasteiger partial charge is 0.329 e. The first-order valence-electron chi connectivity index (χ1n) is 6.52. The van der Waals surface area contributed by atoms with Gasteiger partial charge in [0.25, 0.3) is 0 Å². The Kier molecular flexibility index (Phi) is 4.70. The van der Waals surface area contributed by atoms with Gasteiger partial charge >= 0.3 is 11.8 Å². The van der Waals surface area contributed by atoms with E-state index in [-0.39, 0.29) is 6.04 Å². The summed E-state index contributed by atoms with van der Waals surface area (Å²) in [7, 11) is 1.60. The number of thiophene rings is 1. The SMILES string of the molecule is Cc1cscc1NC(=O)C(=O)N(C)[C@@H](C)c1ccccn1. The second kappa shape index (κ2) is 6.49. The average Bonchev–Trinajstić information content (AvgIpc) is 2.91. The van der Waals surface area contributed by atoms with Crippen LogP contribution in [-0.2, 0) is 9.59 Å². The zero-order valence-corrected chi connectivity index (χ0v) is 13.0. The number of hydrogen-bond donors (Lipinski definition) is 1. The van der Waals surface area contributed by atoms with Crippen LogP contribution in [0.15, 0.2) is 35.2 Å². The summed E-state index contributed by atoms with van der Waals surface area (Å²) < 4.78 is 0. The lowest BCUT2D eigenvalue weighted by Crippen LogP contribution is -2.38. The molecule has 0 aliphatic rings. The van der Waals surface area contributed by atoms with Crippen molar-refractivity contribution in [3.05, 3.63) is 46.4 Å². The topological polar surface area (TPSA) is 62.3 Å². The number of nitrogens with one attached hydrogen (secondary N) is 1. The smallest absolute Gasteiger partial charge is 0.313 e. The number of likely N-dealkylation sites (N-methyl/N-ethyl adjacent to an activating group) is 1. The molecule has 0 aromatic carbocycles. The molecular formula is C15H17N3O2S. The van der Waals surface area contributed by atoms with Crippen molar-refractivity contribution in [2.75, 3.05) is 12.4 Å². The zero-order chi connectivity index (χ0) is 15.4. The van der Waals surface area contributed by atoms with E-state index in [0.29, 0.717) is 5.69 Å². The van der Waals surface area contributed by atoms with Crippen LogP contribution in [0.2, 0.25) is 0 Å². The molecule has 21 heavy (non-hydrogen) atoms. The van der Waals surface area contributed by atoms with E-state index in [1.807, 2.05) is 42.8 Å². The molecule has 0 bridgehead atoms. The molecule has 5 nitrogen and oxygen atoms in total. The summed E-state index contributed by atoms with van der Waals surface area (Å²) in [6.07, 6.45) is 1.67. The molecule has 110 valence electrons. The Morgan fingerprint density at radius 3 is 2.67 bits per heavy atom. The number of carbonyl (C=O) groups excluding carboxylic acids is 2. The third kappa shape index (κ3) is 3.46. The van der Waals surface area contributed by atoms with Crippen molar-refractivity contribution in [1.82, 2.24) is 9.88 Å². The number of aromatic nitrogens is 1. The van der Waals surface area contributed by atoms with Crippen LogP contribution in [0.25, 0.3) is 0 Å². The fourth-order valence-electron chi connectivity index (χ4n) is 1.82. The van der Waals surface area contributed by atoms with Gasteiger partial charge in [-0.25, -0.2) is 0 Å². The highest BCUT2D eigenvalue weighted by atomic mass is 32.1. The molecule has 2 aromatic rings. The van der Waals surface area contributed by atoms with Crippen LogP contribution in [-0.4, -0.2) is 28.7 Å². The Labute approximate surface area is 127 Å². The van der Waals surface area contributed by atoms with Crippen LogP contribution < -0.4 is 5.32 Å². The van der Waals surface area contributed by atoms with Gasteiger partial charge in [-0.05, 0) is 36.9 Å². The lowest BCUT2D eigenvalue weighted by Gasteiger charge is -2.23. The molecule has 0 aliphatic heterocycles. The van der Waals surface area contributed by atoms with E-state index in [2.05, 4.69) is 10.3 Å². The predicted octanol–water partition coefficient (Wildman–Crippen LogP) is 2.61. The van der Waals surface area contributed by atoms with Gasteiger partial charge in [0.15, 0.2) is 0 Å². The molecule has 0 spiro atoms. The highest BCUT2D eigenvalue weighted by Gasteiger charge is 2.24. The number of carbonyl (C=O) groups is 2. The van der Waals surface area contributed by atoms with Gasteiger partial charge < -0.3 is 10.2 Å². The van der Waals surface area contributed by atoms with E-state index in [9.17, 15) is 9.59 Å². The number of amides is 2. The summed E-state index contributed by atoms with van der Waals surface area (Å²) in [4.78, 5) is 29.8. The molecule has 2 heterocycles. The number of pyridine rings is 1. The quantitative estimate of drug-likeness (QED) is 0.887. The average molecular weight is 303 g/mol. The van der Waals surface area contributed by atoms with Gasteiger partial charge in [0.1, 0.15) is 0 Å². The monoisotopic (exact) mass is 303 g/mol. The summed E-state index contributed by atoms with van der Waals surface area (Å²) in [6.45, 7) is 3.72. The van der Waals surface area contributed by atoms with Crippen molar-refractivity contribution >= 4 is 28.8 Å². The molecule has 2 amide bonds. The van der Waals surface area contributed by atoms with Gasteiger partial charge in [-0.2, -0.15) is 0 Å². The van der Waals surface area contributed by atoms with Gasteiger partial charge in [0.05, 0.1) is 17.4 Å². The van der Waals surface area contributed by atoms with Crippen LogP contribution in [0.1, 0.15) is 24.2 Å². The third-order valence-electron chi connectivity index (χ3n) is 3.32. The summed E-state index contributed by atoms with van der Waals surface area (Å²) in [6, 6.07) is 5.22. The Morgan fingerprint density at radius 2 is 2.10 bits per heavy atom. The van der Waals surface area contributed by atoms with E-state index < -0.39 is 11.8 Å². The highest BCUT2D eigenvalue weighted by molar-refractivity contribution is 7.08. The Hall–Kier alpha value is -2.21. The molecule has 6 heteroatoms. The second-order valence-corrected chi connectivity index (χ2v) is 5.51. The normalized spacial score (nSPS) is 11.8. The molecule has 0 saturated heterocycles. The molecule has 0 radical (unpaired) electrons.